The van der Waals surface area contributed by atoms with Crippen molar-refractivity contribution in [2.24, 2.45) is 105 Å². The number of hydrogen-bond donors (Lipinski definition) is 0. The van der Waals surface area contributed by atoms with Gasteiger partial charge in [-0.15, -0.1) is 0 Å². The summed E-state index contributed by atoms with van der Waals surface area (Å²) >= 11 is 0. The molecule has 13 nitrogen and oxygen atoms in total. The molecule has 2 bridgehead atoms. The fourth-order valence-corrected chi connectivity index (χ4v) is 24.1. The van der Waals surface area contributed by atoms with Gasteiger partial charge in [0.2, 0.25) is 17.0 Å². The third-order valence-corrected chi connectivity index (χ3v) is 28.6. The van der Waals surface area contributed by atoms with Crippen LogP contribution in [0.3, 0.4) is 0 Å². The topological polar surface area (TPSA) is 136 Å². The van der Waals surface area contributed by atoms with Gasteiger partial charge in [0.1, 0.15) is 13.2 Å². The Balaban J connectivity index is 0.543. The molecule has 0 amide bonds. The van der Waals surface area contributed by atoms with Crippen molar-refractivity contribution in [3.05, 3.63) is 23.3 Å². The second-order valence-electron chi connectivity index (χ2n) is 33.9. The van der Waals surface area contributed by atoms with E-state index in [9.17, 15) is 9.59 Å². The Morgan fingerprint density at radius 3 is 1.24 bits per heavy atom. The molecule has 2 saturated heterocycles. The molecule has 0 aromatic carbocycles. The molecule has 0 N–H and O–H groups in total. The molecule has 10 aliphatic carbocycles. The van der Waals surface area contributed by atoms with Crippen molar-refractivity contribution >= 4 is 11.9 Å². The van der Waals surface area contributed by atoms with E-state index in [1.54, 1.807) is 11.1 Å². The highest BCUT2D eigenvalue weighted by Gasteiger charge is 2.96. The number of methoxy groups -OCH3 is 2. The second-order valence-corrected chi connectivity index (χ2v) is 33.9. The predicted molar refractivity (Wildman–Crippen MR) is 360 cm³/mol. The van der Waals surface area contributed by atoms with Gasteiger partial charge in [-0.05, 0) is 208 Å². The Morgan fingerprint density at radius 2 is 0.848 bits per heavy atom. The van der Waals surface area contributed by atoms with Gasteiger partial charge in [0, 0.05) is 26.1 Å². The zero-order valence-electron chi connectivity index (χ0n) is 60.1. The van der Waals surface area contributed by atoms with Crippen LogP contribution in [0.2, 0.25) is 0 Å². The lowest BCUT2D eigenvalue weighted by atomic mass is 9.47. The van der Waals surface area contributed by atoms with Crippen LogP contribution in [0, 0.1) is 105 Å². The number of fused-ring (bicyclic) bond motifs is 10. The molecule has 10 fully saturated rings. The largest absolute Gasteiger partial charge is 0.461 e. The summed E-state index contributed by atoms with van der Waals surface area (Å²) in [6.07, 6.45) is 38.0. The van der Waals surface area contributed by atoms with E-state index in [0.29, 0.717) is 87.4 Å². The van der Waals surface area contributed by atoms with Gasteiger partial charge in [0.05, 0.1) is 78.3 Å². The molecular weight excluding hydrogens is 1160 g/mol. The van der Waals surface area contributed by atoms with E-state index in [2.05, 4.69) is 81.4 Å². The predicted octanol–water partition coefficient (Wildman–Crippen LogP) is 16.3. The minimum absolute atomic E-state index is 0.00786. The van der Waals surface area contributed by atoms with Gasteiger partial charge in [-0.2, -0.15) is 0 Å². The molecule has 2 heterocycles. The maximum atomic E-state index is 14.3. The third kappa shape index (κ3) is 13.2. The number of hydrogen-bond acceptors (Lipinski definition) is 13. The van der Waals surface area contributed by atoms with Crippen molar-refractivity contribution in [2.45, 2.75) is 265 Å². The van der Waals surface area contributed by atoms with E-state index >= 15 is 0 Å². The van der Waals surface area contributed by atoms with Crippen molar-refractivity contribution in [1.29, 1.82) is 0 Å². The smallest absolute Gasteiger partial charge is 0.344 e. The van der Waals surface area contributed by atoms with Crippen LogP contribution in [0.1, 0.15) is 236 Å². The molecule has 2 unspecified atom stereocenters. The summed E-state index contributed by atoms with van der Waals surface area (Å²) in [6, 6.07) is 0. The number of ether oxygens (including phenoxy) is 11. The van der Waals surface area contributed by atoms with Crippen molar-refractivity contribution in [1.82, 2.24) is 0 Å². The van der Waals surface area contributed by atoms with Gasteiger partial charge in [0.15, 0.2) is 0 Å². The minimum Gasteiger partial charge on any atom is -0.461 e. The molecule has 92 heavy (non-hydrogen) atoms. The highest BCUT2D eigenvalue weighted by molar-refractivity contribution is 5.94. The zero-order valence-corrected chi connectivity index (χ0v) is 60.1. The van der Waals surface area contributed by atoms with Gasteiger partial charge < -0.3 is 52.1 Å². The van der Waals surface area contributed by atoms with Gasteiger partial charge in [-0.3, -0.25) is 0 Å². The Morgan fingerprint density at radius 1 is 0.457 bits per heavy atom. The highest BCUT2D eigenvalue weighted by atomic mass is 16.8. The molecule has 12 aliphatic rings. The number of carbonyl (C=O) groups is 2. The lowest BCUT2D eigenvalue weighted by Crippen LogP contribution is -2.84. The maximum Gasteiger partial charge on any atom is 0.344 e. The molecule has 0 spiro atoms. The molecule has 2 aliphatic heterocycles. The Bertz CT molecular complexity index is 2330. The molecule has 13 heteroatoms. The molecule has 0 radical (unpaired) electrons. The van der Waals surface area contributed by atoms with Gasteiger partial charge in [-0.25, -0.2) is 9.59 Å². The van der Waals surface area contributed by atoms with Crippen LogP contribution in [0.15, 0.2) is 23.3 Å². The quantitative estimate of drug-likeness (QED) is 0.0262. The summed E-state index contributed by atoms with van der Waals surface area (Å²) < 4.78 is 67.2. The van der Waals surface area contributed by atoms with E-state index in [1.165, 1.54) is 130 Å². The maximum absolute atomic E-state index is 14.3. The van der Waals surface area contributed by atoms with Crippen molar-refractivity contribution in [3.8, 4) is 0 Å². The first-order chi connectivity index (χ1) is 44.3. The van der Waals surface area contributed by atoms with Crippen LogP contribution in [0.4, 0.5) is 0 Å². The summed E-state index contributed by atoms with van der Waals surface area (Å²) in [5.41, 5.74) is 1.76. The molecule has 0 aromatic heterocycles. The average molecular weight is 1290 g/mol. The first-order valence-corrected chi connectivity index (χ1v) is 38.4. The van der Waals surface area contributed by atoms with Crippen LogP contribution >= 0.6 is 0 Å². The van der Waals surface area contributed by atoms with Crippen molar-refractivity contribution in [3.63, 3.8) is 0 Å². The second kappa shape index (κ2) is 30.3. The average Bonchev–Trinajstić information content (AvgIpc) is 1.45. The molecular formula is C79H130O13. The summed E-state index contributed by atoms with van der Waals surface area (Å²) in [6.45, 7) is 29.3. The monoisotopic (exact) mass is 1290 g/mol. The number of esters is 2. The fourth-order valence-electron chi connectivity index (χ4n) is 24.1. The normalized spacial score (nSPS) is 40.4. The minimum atomic E-state index is -1.71. The SMILES string of the molecule is COC1(OC)[C@]2(C(=O)OCCOCCOCCO[C@H]3CC[C@@]4(C)C(=CC[C@H]5[C@@H]6CC[C@H]([C@H](C)CCCC(C)C)[C@@]6(C)CC[C@@H]54)C3)O[C@@]1(C(=O)OCCOCCOCCO[C@H]1CC[C@@]3(C)C(=CC[C@H]4[C@@H]5CC[C@H]([C@H](C)CCCC(C)C)[C@@]5(C)CC[C@@H]43)C1)C1CCCCC12. The van der Waals surface area contributed by atoms with E-state index in [-0.39, 0.29) is 50.5 Å². The van der Waals surface area contributed by atoms with Gasteiger partial charge >= 0.3 is 11.9 Å². The van der Waals surface area contributed by atoms with Crippen LogP contribution in [-0.2, 0) is 61.7 Å². The van der Waals surface area contributed by atoms with Crippen molar-refractivity contribution in [2.75, 3.05) is 93.5 Å². The van der Waals surface area contributed by atoms with E-state index in [1.807, 2.05) is 0 Å². The summed E-state index contributed by atoms with van der Waals surface area (Å²) in [7, 11) is 2.93. The summed E-state index contributed by atoms with van der Waals surface area (Å²) in [5.74, 6) is 6.55. The lowest BCUT2D eigenvalue weighted by molar-refractivity contribution is -0.446. The van der Waals surface area contributed by atoms with Gasteiger partial charge in [-0.1, -0.05) is 144 Å². The Hall–Kier alpha value is -1.94. The van der Waals surface area contributed by atoms with Crippen LogP contribution in [0.25, 0.3) is 0 Å². The van der Waals surface area contributed by atoms with Crippen LogP contribution in [0.5, 0.6) is 0 Å². The first-order valence-electron chi connectivity index (χ1n) is 38.4. The standard InChI is InChI=1S/C79H130O13/c1-53(2)17-15-19-55(5)63-27-29-65-61-25-23-57-51-59(31-35-73(57,7)67(61)33-37-75(63,65)9)88-47-43-84-39-41-86-45-49-90-71(80)77-69-21-13-14-22-70(69)78(92-77,79(77,82-11)83-12)72(81)91-50-46-87-42-40-85-44-48-89-60-32-36-74(8)58(52-60)24-26-62-66-30-28-64(56(6)20-16-18-54(3)4)76(66,10)38-34-68(62)74/h23-24,53-56,59-70H,13-22,25-52H2,1-12H3/t55-,56-,59+,60+,61+,62+,63-,64-,65+,66+,67+,68+,69?,70?,73+,74+,75-,76-,77-,78+/m1/s1. The third-order valence-electron chi connectivity index (χ3n) is 28.6. The molecule has 12 rings (SSSR count). The lowest BCUT2D eigenvalue weighted by Gasteiger charge is -2.58. The van der Waals surface area contributed by atoms with E-state index < -0.39 is 28.9 Å². The molecule has 524 valence electrons. The fraction of sp³-hybridized carbons (Fsp3) is 0.924. The van der Waals surface area contributed by atoms with Crippen LogP contribution in [-0.4, -0.2) is 135 Å². The Labute approximate surface area is 557 Å². The van der Waals surface area contributed by atoms with Gasteiger partial charge in [0.25, 0.3) is 0 Å². The number of rotatable bonds is 34. The number of carbonyl (C=O) groups excluding carboxylic acids is 2. The van der Waals surface area contributed by atoms with E-state index in [0.717, 1.165) is 110 Å². The zero-order chi connectivity index (χ0) is 65.1. The van der Waals surface area contributed by atoms with Crippen LogP contribution < -0.4 is 0 Å². The summed E-state index contributed by atoms with van der Waals surface area (Å²) in [4.78, 5) is 28.6. The molecule has 0 aromatic rings. The first kappa shape index (κ1) is 71.3. The van der Waals surface area contributed by atoms with Crippen molar-refractivity contribution < 1.29 is 61.7 Å². The Kier molecular flexibility index (Phi) is 23.5. The number of allylic oxidation sites excluding steroid dienone is 2. The molecule has 20 atom stereocenters. The molecule has 8 saturated carbocycles. The highest BCUT2D eigenvalue weighted by Crippen LogP contribution is 2.74. The van der Waals surface area contributed by atoms with E-state index in [4.69, 9.17) is 52.1 Å². The summed E-state index contributed by atoms with van der Waals surface area (Å²) in [5, 5.41) is 0.